The van der Waals surface area contributed by atoms with Crippen LogP contribution >= 0.6 is 0 Å². The van der Waals surface area contributed by atoms with E-state index in [1.54, 1.807) is 0 Å². The maximum absolute atomic E-state index is 12.6. The van der Waals surface area contributed by atoms with Crippen molar-refractivity contribution in [3.05, 3.63) is 34.9 Å². The summed E-state index contributed by atoms with van der Waals surface area (Å²) >= 11 is 0. The number of aryl methyl sites for hydroxylation is 2. The minimum atomic E-state index is -0.400. The molecule has 0 unspecified atom stereocenters. The second kappa shape index (κ2) is 5.99. The summed E-state index contributed by atoms with van der Waals surface area (Å²) in [5.41, 5.74) is 3.17. The third-order valence-electron chi connectivity index (χ3n) is 5.42. The van der Waals surface area contributed by atoms with Crippen molar-refractivity contribution >= 4 is 11.9 Å². The van der Waals surface area contributed by atoms with Crippen LogP contribution in [0.1, 0.15) is 61.8 Å². The average Bonchev–Trinajstić information content (AvgIpc) is 2.52. The zero-order valence-electron chi connectivity index (χ0n) is 14.2. The number of amides is 1. The van der Waals surface area contributed by atoms with E-state index in [1.165, 1.54) is 16.7 Å². The lowest BCUT2D eigenvalue weighted by atomic mass is 9.80. The summed E-state index contributed by atoms with van der Waals surface area (Å²) in [4.78, 5) is 25.8. The van der Waals surface area contributed by atoms with Gasteiger partial charge in [-0.15, -0.1) is 0 Å². The molecule has 2 aliphatic rings. The highest BCUT2D eigenvalue weighted by molar-refractivity contribution is 5.80. The molecule has 4 heteroatoms. The third-order valence-corrected chi connectivity index (χ3v) is 5.42. The molecule has 23 heavy (non-hydrogen) atoms. The lowest BCUT2D eigenvalue weighted by Crippen LogP contribution is -2.51. The predicted molar refractivity (Wildman–Crippen MR) is 88.3 cm³/mol. The van der Waals surface area contributed by atoms with Gasteiger partial charge in [0, 0.05) is 25.8 Å². The molecule has 1 atom stereocenters. The van der Waals surface area contributed by atoms with Gasteiger partial charge in [0.2, 0.25) is 0 Å². The highest BCUT2D eigenvalue weighted by atomic mass is 16.6. The van der Waals surface area contributed by atoms with Crippen LogP contribution in [0.25, 0.3) is 0 Å². The van der Waals surface area contributed by atoms with Crippen molar-refractivity contribution in [1.82, 2.24) is 4.90 Å². The van der Waals surface area contributed by atoms with Gasteiger partial charge in [0.1, 0.15) is 11.4 Å². The molecule has 1 saturated carbocycles. The van der Waals surface area contributed by atoms with Gasteiger partial charge in [0.05, 0.1) is 6.04 Å². The number of hydrogen-bond donors (Lipinski definition) is 0. The molecular formula is C19H25NO3. The number of hydrogen-bond acceptors (Lipinski definition) is 3. The van der Waals surface area contributed by atoms with E-state index in [-0.39, 0.29) is 17.9 Å². The Hall–Kier alpha value is -1.84. The second-order valence-electron chi connectivity index (χ2n) is 7.07. The number of benzene rings is 1. The molecular weight excluding hydrogens is 290 g/mol. The van der Waals surface area contributed by atoms with Gasteiger partial charge in [-0.2, -0.15) is 0 Å². The molecule has 1 amide bonds. The Morgan fingerprint density at radius 3 is 2.48 bits per heavy atom. The fourth-order valence-corrected chi connectivity index (χ4v) is 3.78. The zero-order chi connectivity index (χ0) is 16.6. The van der Waals surface area contributed by atoms with E-state index in [9.17, 15) is 9.59 Å². The summed E-state index contributed by atoms with van der Waals surface area (Å²) < 4.78 is 5.82. The average molecular weight is 315 g/mol. The van der Waals surface area contributed by atoms with Crippen LogP contribution in [-0.4, -0.2) is 28.9 Å². The first-order chi connectivity index (χ1) is 10.9. The lowest BCUT2D eigenvalue weighted by molar-refractivity contribution is -0.129. The molecule has 2 fully saturated rings. The molecule has 1 saturated heterocycles. The fourth-order valence-electron chi connectivity index (χ4n) is 3.78. The number of ether oxygens (including phenoxy) is 1. The Bertz CT molecular complexity index is 628. The van der Waals surface area contributed by atoms with E-state index in [0.29, 0.717) is 32.2 Å². The number of rotatable bonds is 2. The van der Waals surface area contributed by atoms with Crippen molar-refractivity contribution in [1.29, 1.82) is 0 Å². The van der Waals surface area contributed by atoms with Crippen LogP contribution in [0.5, 0.6) is 0 Å². The largest absolute Gasteiger partial charge is 0.443 e. The minimum Gasteiger partial charge on any atom is -0.443 e. The number of Topliss-reactive ketones (excluding diaryl/α,β-unsaturated/α-hetero) is 1. The number of carbonyl (C=O) groups excluding carboxylic acids is 2. The lowest BCUT2D eigenvalue weighted by Gasteiger charge is -2.44. The molecule has 1 aromatic carbocycles. The monoisotopic (exact) mass is 315 g/mol. The Morgan fingerprint density at radius 1 is 1.13 bits per heavy atom. The van der Waals surface area contributed by atoms with Crippen molar-refractivity contribution < 1.29 is 14.3 Å². The summed E-state index contributed by atoms with van der Waals surface area (Å²) in [5.74, 6) is 0.290. The SMILES string of the molecule is Cc1ccc(C)c([C@H](C)N2CCC3(CCC(=O)CC3)OC2=O)c1. The first-order valence-corrected chi connectivity index (χ1v) is 8.49. The quantitative estimate of drug-likeness (QED) is 0.826. The van der Waals surface area contributed by atoms with Crippen molar-refractivity contribution in [2.45, 2.75) is 64.5 Å². The molecule has 3 rings (SSSR count). The van der Waals surface area contributed by atoms with Crippen LogP contribution in [0.15, 0.2) is 18.2 Å². The Morgan fingerprint density at radius 2 is 1.83 bits per heavy atom. The van der Waals surface area contributed by atoms with Crippen molar-refractivity contribution in [2.75, 3.05) is 6.54 Å². The highest BCUT2D eigenvalue weighted by Crippen LogP contribution is 2.39. The van der Waals surface area contributed by atoms with E-state index in [2.05, 4.69) is 39.0 Å². The molecule has 1 spiro atoms. The maximum atomic E-state index is 12.6. The standard InChI is InChI=1S/C19H25NO3/c1-13-4-5-14(2)17(12-13)15(3)20-11-10-19(23-18(20)22)8-6-16(21)7-9-19/h4-5,12,15H,6-11H2,1-3H3/t15-/m0/s1. The van der Waals surface area contributed by atoms with Gasteiger partial charge in [0.15, 0.2) is 0 Å². The van der Waals surface area contributed by atoms with Gasteiger partial charge in [-0.3, -0.25) is 4.79 Å². The number of carbonyl (C=O) groups is 2. The van der Waals surface area contributed by atoms with Crippen LogP contribution in [-0.2, 0) is 9.53 Å². The Kier molecular flexibility index (Phi) is 4.17. The summed E-state index contributed by atoms with van der Waals surface area (Å²) in [7, 11) is 0. The molecule has 1 aromatic rings. The molecule has 0 radical (unpaired) electrons. The first-order valence-electron chi connectivity index (χ1n) is 8.49. The third kappa shape index (κ3) is 3.12. The molecule has 4 nitrogen and oxygen atoms in total. The molecule has 1 heterocycles. The molecule has 1 aliphatic carbocycles. The first kappa shape index (κ1) is 16.0. The molecule has 0 aromatic heterocycles. The zero-order valence-corrected chi connectivity index (χ0v) is 14.2. The second-order valence-corrected chi connectivity index (χ2v) is 7.07. The van der Waals surface area contributed by atoms with Crippen LogP contribution in [0.4, 0.5) is 4.79 Å². The summed E-state index contributed by atoms with van der Waals surface area (Å²) in [6, 6.07) is 6.35. The summed E-state index contributed by atoms with van der Waals surface area (Å²) in [6.45, 7) is 6.90. The van der Waals surface area contributed by atoms with Crippen LogP contribution < -0.4 is 0 Å². The summed E-state index contributed by atoms with van der Waals surface area (Å²) in [5, 5.41) is 0. The molecule has 0 bridgehead atoms. The van der Waals surface area contributed by atoms with Crippen LogP contribution in [0.3, 0.4) is 0 Å². The maximum Gasteiger partial charge on any atom is 0.410 e. The van der Waals surface area contributed by atoms with E-state index in [0.717, 1.165) is 6.42 Å². The number of ketones is 1. The van der Waals surface area contributed by atoms with Gasteiger partial charge in [0.25, 0.3) is 0 Å². The van der Waals surface area contributed by atoms with Crippen molar-refractivity contribution in [2.24, 2.45) is 0 Å². The van der Waals surface area contributed by atoms with Gasteiger partial charge in [-0.25, -0.2) is 4.79 Å². The Balaban J connectivity index is 1.74. The van der Waals surface area contributed by atoms with E-state index in [4.69, 9.17) is 4.74 Å². The minimum absolute atomic E-state index is 0.00460. The van der Waals surface area contributed by atoms with Gasteiger partial charge >= 0.3 is 6.09 Å². The molecule has 1 aliphatic heterocycles. The van der Waals surface area contributed by atoms with E-state index in [1.807, 2.05) is 4.90 Å². The van der Waals surface area contributed by atoms with E-state index >= 15 is 0 Å². The molecule has 124 valence electrons. The predicted octanol–water partition coefficient (Wildman–Crippen LogP) is 4.09. The normalized spacial score (nSPS) is 22.1. The topological polar surface area (TPSA) is 46.6 Å². The van der Waals surface area contributed by atoms with Crippen LogP contribution in [0, 0.1) is 13.8 Å². The number of nitrogens with zero attached hydrogens (tertiary/aromatic N) is 1. The van der Waals surface area contributed by atoms with E-state index < -0.39 is 5.60 Å². The fraction of sp³-hybridized carbons (Fsp3) is 0.579. The van der Waals surface area contributed by atoms with Gasteiger partial charge < -0.3 is 9.64 Å². The molecule has 0 N–H and O–H groups in total. The van der Waals surface area contributed by atoms with Crippen LogP contribution in [0.2, 0.25) is 0 Å². The van der Waals surface area contributed by atoms with Gasteiger partial charge in [-0.05, 0) is 44.7 Å². The highest BCUT2D eigenvalue weighted by Gasteiger charge is 2.44. The summed E-state index contributed by atoms with van der Waals surface area (Å²) in [6.07, 6.45) is 3.03. The van der Waals surface area contributed by atoms with Crippen molar-refractivity contribution in [3.8, 4) is 0 Å². The Labute approximate surface area is 137 Å². The smallest absolute Gasteiger partial charge is 0.410 e. The van der Waals surface area contributed by atoms with Crippen molar-refractivity contribution in [3.63, 3.8) is 0 Å². The van der Waals surface area contributed by atoms with Gasteiger partial charge in [-0.1, -0.05) is 23.8 Å².